The van der Waals surface area contributed by atoms with Crippen LogP contribution in [0, 0.1) is 5.92 Å². The van der Waals surface area contributed by atoms with E-state index in [4.69, 9.17) is 24.8 Å². The molecule has 0 aliphatic carbocycles. The van der Waals surface area contributed by atoms with Crippen LogP contribution < -0.4 is 16.0 Å². The Bertz CT molecular complexity index is 1070. The van der Waals surface area contributed by atoms with Crippen LogP contribution in [0.4, 0.5) is 0 Å². The second-order valence-electron chi connectivity index (χ2n) is 9.30. The maximum Gasteiger partial charge on any atom is 0.347 e. The molecule has 50 heavy (non-hydrogen) atoms. The van der Waals surface area contributed by atoms with Gasteiger partial charge in [-0.25, -0.2) is 14.4 Å². The van der Waals surface area contributed by atoms with Crippen molar-refractivity contribution in [3.63, 3.8) is 0 Å². The van der Waals surface area contributed by atoms with E-state index in [1.54, 1.807) is 0 Å². The molecule has 0 aromatic rings. The number of carbonyl (C=O) groups excluding carboxylic acids is 5. The maximum absolute atomic E-state index is 12.9. The van der Waals surface area contributed by atoms with Crippen LogP contribution in [0.15, 0.2) is 0 Å². The minimum atomic E-state index is -1.69. The third kappa shape index (κ3) is 28.2. The van der Waals surface area contributed by atoms with Crippen LogP contribution in [0.1, 0.15) is 103 Å². The molecule has 0 heterocycles. The molecule has 19 heteroatoms. The van der Waals surface area contributed by atoms with Crippen molar-refractivity contribution in [1.29, 1.82) is 0 Å². The fourth-order valence-electron chi connectivity index (χ4n) is 3.27. The number of esters is 2. The normalized spacial score (nSPS) is 11.6. The third-order valence-electron chi connectivity index (χ3n) is 5.63. The minimum absolute atomic E-state index is 0. The molecule has 4 atom stereocenters. The maximum atomic E-state index is 12.9. The van der Waals surface area contributed by atoms with Gasteiger partial charge in [0.2, 0.25) is 17.7 Å². The molecule has 0 aromatic carbocycles. The molecule has 0 radical (unpaired) electrons. The molecule has 4 unspecified atom stereocenters. The molecular formula is C31H61N3O16. The van der Waals surface area contributed by atoms with Crippen molar-refractivity contribution < 1.29 is 78.2 Å². The summed E-state index contributed by atoms with van der Waals surface area (Å²) in [7, 11) is 0. The van der Waals surface area contributed by atoms with Gasteiger partial charge in [-0.05, 0) is 19.8 Å². The third-order valence-corrected chi connectivity index (χ3v) is 5.63. The smallest absolute Gasteiger partial charge is 0.347 e. The number of aliphatic hydroxyl groups is 1. The average molecular weight is 732 g/mol. The molecule has 0 rings (SSSR count). The van der Waals surface area contributed by atoms with E-state index in [0.29, 0.717) is 0 Å². The lowest BCUT2D eigenvalue weighted by Crippen LogP contribution is -2.49. The van der Waals surface area contributed by atoms with Gasteiger partial charge < -0.3 is 51.0 Å². The summed E-state index contributed by atoms with van der Waals surface area (Å²) in [5, 5.41) is 51.2. The van der Waals surface area contributed by atoms with Crippen molar-refractivity contribution in [2.75, 3.05) is 19.8 Å². The lowest BCUT2D eigenvalue weighted by Gasteiger charge is -2.21. The summed E-state index contributed by atoms with van der Waals surface area (Å²) in [5.74, 6) is -12.2. The second kappa shape index (κ2) is 32.7. The van der Waals surface area contributed by atoms with Crippen molar-refractivity contribution in [2.45, 2.75) is 121 Å². The van der Waals surface area contributed by atoms with E-state index in [0.717, 1.165) is 0 Å². The van der Waals surface area contributed by atoms with E-state index in [1.807, 2.05) is 5.32 Å². The van der Waals surface area contributed by atoms with Gasteiger partial charge >= 0.3 is 35.8 Å². The zero-order valence-electron chi connectivity index (χ0n) is 23.8. The van der Waals surface area contributed by atoms with Crippen LogP contribution in [0.25, 0.3) is 0 Å². The number of rotatable bonds is 23. The first-order valence-electron chi connectivity index (χ1n) is 13.3. The molecule has 19 nitrogen and oxygen atoms in total. The molecule has 296 valence electrons. The molecule has 0 saturated heterocycles. The predicted molar refractivity (Wildman–Crippen MR) is 182 cm³/mol. The number of carboxylic acids is 4. The molecule has 3 amide bonds. The van der Waals surface area contributed by atoms with Crippen LogP contribution >= 0.6 is 0 Å². The van der Waals surface area contributed by atoms with Gasteiger partial charge in [0.25, 0.3) is 0 Å². The Morgan fingerprint density at radius 2 is 1.14 bits per heavy atom. The Hall–Kier alpha value is -4.81. The molecule has 0 spiro atoms. The Morgan fingerprint density at radius 3 is 1.58 bits per heavy atom. The first-order chi connectivity index (χ1) is 20.6. The van der Waals surface area contributed by atoms with Gasteiger partial charge in [-0.1, -0.05) is 44.6 Å². The summed E-state index contributed by atoms with van der Waals surface area (Å²) < 4.78 is 9.62. The van der Waals surface area contributed by atoms with E-state index in [-0.39, 0.29) is 64.2 Å². The van der Waals surface area contributed by atoms with Crippen molar-refractivity contribution in [3.8, 4) is 0 Å². The highest BCUT2D eigenvalue weighted by Gasteiger charge is 2.30. The molecular weight excluding hydrogens is 670 g/mol. The SMILES string of the molecule is C.C.C.C.C.C.CC(OC(=O)CCC(=O)NCC(CC(=O)NC(CCC(=O)O)C(=O)O)C(=O)NC(CCC(=O)O)C(=O)O)C(=O)OCCCO. The van der Waals surface area contributed by atoms with Crippen LogP contribution in [0.2, 0.25) is 0 Å². The number of hydrogen-bond acceptors (Lipinski definition) is 12. The van der Waals surface area contributed by atoms with Gasteiger partial charge in [0.15, 0.2) is 6.10 Å². The van der Waals surface area contributed by atoms with E-state index in [1.165, 1.54) is 6.92 Å². The molecule has 8 N–H and O–H groups in total. The monoisotopic (exact) mass is 731 g/mol. The van der Waals surface area contributed by atoms with Gasteiger partial charge in [0.1, 0.15) is 12.1 Å². The quantitative estimate of drug-likeness (QED) is 0.0544. The first kappa shape index (κ1) is 60.5. The molecule has 0 fully saturated rings. The Labute approximate surface area is 294 Å². The molecule has 0 saturated carbocycles. The van der Waals surface area contributed by atoms with Crippen molar-refractivity contribution >= 4 is 53.5 Å². The number of ether oxygens (including phenoxy) is 2. The lowest BCUT2D eigenvalue weighted by atomic mass is 10.0. The van der Waals surface area contributed by atoms with Crippen molar-refractivity contribution in [3.05, 3.63) is 0 Å². The lowest BCUT2D eigenvalue weighted by molar-refractivity contribution is -0.167. The number of aliphatic carboxylic acids is 4. The Balaban J connectivity index is -0.000000616. The molecule has 0 aromatic heterocycles. The fourth-order valence-corrected chi connectivity index (χ4v) is 3.27. The summed E-state index contributed by atoms with van der Waals surface area (Å²) >= 11 is 0. The number of nitrogens with one attached hydrogen (secondary N) is 3. The highest BCUT2D eigenvalue weighted by molar-refractivity contribution is 5.91. The Morgan fingerprint density at radius 1 is 0.660 bits per heavy atom. The van der Waals surface area contributed by atoms with E-state index in [2.05, 4.69) is 10.6 Å². The molecule has 0 aliphatic rings. The van der Waals surface area contributed by atoms with Crippen molar-refractivity contribution in [2.24, 2.45) is 5.92 Å². The van der Waals surface area contributed by atoms with Crippen LogP contribution in [-0.4, -0.2) is 117 Å². The topological polar surface area (TPSA) is 309 Å². The number of carbonyl (C=O) groups is 9. The molecule has 0 bridgehead atoms. The van der Waals surface area contributed by atoms with Crippen molar-refractivity contribution in [1.82, 2.24) is 16.0 Å². The average Bonchev–Trinajstić information content (AvgIpc) is 2.93. The number of hydrogen-bond donors (Lipinski definition) is 8. The summed E-state index contributed by atoms with van der Waals surface area (Å²) in [6.45, 7) is 0.298. The summed E-state index contributed by atoms with van der Waals surface area (Å²) in [6, 6.07) is -3.33. The summed E-state index contributed by atoms with van der Waals surface area (Å²) in [6.07, 6.45) is -5.18. The fraction of sp³-hybridized carbons (Fsp3) is 0.710. The number of amides is 3. The Kier molecular flexibility index (Phi) is 39.6. The molecule has 0 aliphatic heterocycles. The zero-order valence-corrected chi connectivity index (χ0v) is 23.8. The van der Waals surface area contributed by atoms with Gasteiger partial charge in [-0.2, -0.15) is 0 Å². The summed E-state index contributed by atoms with van der Waals surface area (Å²) in [5.41, 5.74) is 0. The number of aliphatic hydroxyl groups excluding tert-OH is 1. The highest BCUT2D eigenvalue weighted by Crippen LogP contribution is 2.09. The minimum Gasteiger partial charge on any atom is -0.481 e. The largest absolute Gasteiger partial charge is 0.481 e. The predicted octanol–water partition coefficient (Wildman–Crippen LogP) is 1.43. The van der Waals surface area contributed by atoms with E-state index < -0.39 is 129 Å². The van der Waals surface area contributed by atoms with E-state index in [9.17, 15) is 53.4 Å². The van der Waals surface area contributed by atoms with Gasteiger partial charge in [-0.15, -0.1) is 0 Å². The van der Waals surface area contributed by atoms with Crippen LogP contribution in [-0.2, 0) is 52.6 Å². The van der Waals surface area contributed by atoms with Crippen LogP contribution in [0.3, 0.4) is 0 Å². The van der Waals surface area contributed by atoms with Gasteiger partial charge in [-0.3, -0.25) is 28.8 Å². The van der Waals surface area contributed by atoms with E-state index >= 15 is 0 Å². The summed E-state index contributed by atoms with van der Waals surface area (Å²) in [4.78, 5) is 106. The zero-order chi connectivity index (χ0) is 33.8. The van der Waals surface area contributed by atoms with Gasteiger partial charge in [0, 0.05) is 45.3 Å². The highest BCUT2D eigenvalue weighted by atomic mass is 16.6. The van der Waals surface area contributed by atoms with Crippen LogP contribution in [0.5, 0.6) is 0 Å². The second-order valence-corrected chi connectivity index (χ2v) is 9.30. The first-order valence-corrected chi connectivity index (χ1v) is 13.3. The standard InChI is InChI=1S/C25H37N3O16.6CH4/c1-13(25(42)43-10-2-9-29)44-21(36)8-5-17(30)26-12-14(22(37)28-16(24(40)41)4-7-20(34)35)11-18(31)27-15(23(38)39)3-6-19(32)33;;;;;;/h13-16,29H,2-12H2,1H3,(H,26,30)(H,27,31)(H,28,37)(H,32,33)(H,34,35)(H,38,39)(H,40,41);6*1H4. The number of carboxylic acid groups (broad SMARTS) is 4. The van der Waals surface area contributed by atoms with Gasteiger partial charge in [0.05, 0.1) is 18.9 Å².